The highest BCUT2D eigenvalue weighted by molar-refractivity contribution is 7.98. The van der Waals surface area contributed by atoms with E-state index in [1.165, 1.54) is 35.4 Å². The lowest BCUT2D eigenvalue weighted by Crippen LogP contribution is -2.41. The molecule has 0 fully saturated rings. The SMILES string of the molecule is CC(=O)N[C@@H](CSCc1ccc(C)cc1C)C(=O)O. The van der Waals surface area contributed by atoms with Crippen LogP contribution in [0.5, 0.6) is 0 Å². The number of carboxylic acids is 1. The van der Waals surface area contributed by atoms with Gasteiger partial charge in [-0.05, 0) is 25.0 Å². The molecule has 0 bridgehead atoms. The number of amides is 1. The lowest BCUT2D eigenvalue weighted by molar-refractivity contribution is -0.140. The molecular formula is C14H19NO3S. The second-order valence-corrected chi connectivity index (χ2v) is 5.57. The van der Waals surface area contributed by atoms with Crippen LogP contribution in [0, 0.1) is 13.8 Å². The van der Waals surface area contributed by atoms with E-state index < -0.39 is 12.0 Å². The fourth-order valence-corrected chi connectivity index (χ4v) is 2.84. The van der Waals surface area contributed by atoms with E-state index in [0.717, 1.165) is 5.75 Å². The van der Waals surface area contributed by atoms with Gasteiger partial charge in [0.1, 0.15) is 6.04 Å². The Morgan fingerprint density at radius 2 is 2.05 bits per heavy atom. The molecule has 4 nitrogen and oxygen atoms in total. The van der Waals surface area contributed by atoms with Crippen molar-refractivity contribution in [1.82, 2.24) is 5.32 Å². The van der Waals surface area contributed by atoms with Gasteiger partial charge in [-0.15, -0.1) is 0 Å². The molecule has 0 aliphatic rings. The molecule has 1 rings (SSSR count). The van der Waals surface area contributed by atoms with Crippen molar-refractivity contribution in [1.29, 1.82) is 0 Å². The van der Waals surface area contributed by atoms with Gasteiger partial charge in [0.15, 0.2) is 0 Å². The van der Waals surface area contributed by atoms with E-state index in [4.69, 9.17) is 5.11 Å². The molecule has 0 radical (unpaired) electrons. The maximum atomic E-state index is 11.0. The van der Waals surface area contributed by atoms with Crippen LogP contribution in [0.25, 0.3) is 0 Å². The van der Waals surface area contributed by atoms with Crippen LogP contribution in [-0.4, -0.2) is 28.8 Å². The summed E-state index contributed by atoms with van der Waals surface area (Å²) in [6.45, 7) is 5.41. The maximum Gasteiger partial charge on any atom is 0.327 e. The van der Waals surface area contributed by atoms with Gasteiger partial charge in [0.2, 0.25) is 5.91 Å². The number of thioether (sulfide) groups is 1. The molecule has 19 heavy (non-hydrogen) atoms. The largest absolute Gasteiger partial charge is 0.480 e. The molecule has 1 aromatic carbocycles. The zero-order valence-electron chi connectivity index (χ0n) is 11.4. The van der Waals surface area contributed by atoms with Crippen molar-refractivity contribution in [3.05, 3.63) is 34.9 Å². The zero-order chi connectivity index (χ0) is 14.4. The number of benzene rings is 1. The average molecular weight is 281 g/mol. The number of hydrogen-bond donors (Lipinski definition) is 2. The molecule has 2 N–H and O–H groups in total. The molecule has 0 saturated carbocycles. The van der Waals surface area contributed by atoms with Gasteiger partial charge in [0.25, 0.3) is 0 Å². The number of nitrogens with one attached hydrogen (secondary N) is 1. The van der Waals surface area contributed by atoms with E-state index in [-0.39, 0.29) is 5.91 Å². The minimum atomic E-state index is -0.997. The van der Waals surface area contributed by atoms with Gasteiger partial charge in [0, 0.05) is 18.4 Å². The maximum absolute atomic E-state index is 11.0. The third kappa shape index (κ3) is 5.34. The van der Waals surface area contributed by atoms with Gasteiger partial charge in [-0.2, -0.15) is 11.8 Å². The number of hydrogen-bond acceptors (Lipinski definition) is 3. The van der Waals surface area contributed by atoms with E-state index in [2.05, 4.69) is 17.4 Å². The molecule has 0 aromatic heterocycles. The molecule has 0 aliphatic carbocycles. The van der Waals surface area contributed by atoms with Gasteiger partial charge in [0.05, 0.1) is 0 Å². The number of rotatable bonds is 6. The quantitative estimate of drug-likeness (QED) is 0.838. The van der Waals surface area contributed by atoms with Crippen LogP contribution in [0.1, 0.15) is 23.6 Å². The van der Waals surface area contributed by atoms with Gasteiger partial charge in [-0.3, -0.25) is 4.79 Å². The first-order valence-electron chi connectivity index (χ1n) is 6.04. The third-order valence-electron chi connectivity index (χ3n) is 2.72. The van der Waals surface area contributed by atoms with E-state index in [1.54, 1.807) is 0 Å². The number of carbonyl (C=O) groups excluding carboxylic acids is 1. The second-order valence-electron chi connectivity index (χ2n) is 4.54. The van der Waals surface area contributed by atoms with Gasteiger partial charge in [-0.25, -0.2) is 4.79 Å². The summed E-state index contributed by atoms with van der Waals surface area (Å²) in [7, 11) is 0. The summed E-state index contributed by atoms with van der Waals surface area (Å²) < 4.78 is 0. The fourth-order valence-electron chi connectivity index (χ4n) is 1.71. The molecule has 104 valence electrons. The molecule has 0 spiro atoms. The molecule has 1 amide bonds. The van der Waals surface area contributed by atoms with E-state index in [9.17, 15) is 9.59 Å². The lowest BCUT2D eigenvalue weighted by Gasteiger charge is -2.13. The highest BCUT2D eigenvalue weighted by Gasteiger charge is 2.18. The number of carboxylic acid groups (broad SMARTS) is 1. The molecule has 5 heteroatoms. The Morgan fingerprint density at radius 1 is 1.37 bits per heavy atom. The van der Waals surface area contributed by atoms with E-state index in [1.807, 2.05) is 19.9 Å². The standard InChI is InChI=1S/C14H19NO3S/c1-9-4-5-12(10(2)6-9)7-19-8-13(14(17)18)15-11(3)16/h4-6,13H,7-8H2,1-3H3,(H,15,16)(H,17,18)/t13-/m0/s1. The fraction of sp³-hybridized carbons (Fsp3) is 0.429. The van der Waals surface area contributed by atoms with Crippen LogP contribution in [0.4, 0.5) is 0 Å². The van der Waals surface area contributed by atoms with Crippen LogP contribution in [0.3, 0.4) is 0 Å². The van der Waals surface area contributed by atoms with Crippen molar-refractivity contribution in [3.8, 4) is 0 Å². The summed E-state index contributed by atoms with van der Waals surface area (Å²) in [6.07, 6.45) is 0. The zero-order valence-corrected chi connectivity index (χ0v) is 12.2. The Bertz CT molecular complexity index is 474. The molecule has 0 aliphatic heterocycles. The minimum Gasteiger partial charge on any atom is -0.480 e. The summed E-state index contributed by atoms with van der Waals surface area (Å²) >= 11 is 1.51. The van der Waals surface area contributed by atoms with Crippen molar-refractivity contribution < 1.29 is 14.7 Å². The Labute approximate surface area is 117 Å². The van der Waals surface area contributed by atoms with Crippen LogP contribution < -0.4 is 5.32 Å². The molecule has 0 unspecified atom stereocenters. The molecule has 0 saturated heterocycles. The number of carbonyl (C=O) groups is 2. The van der Waals surface area contributed by atoms with Crippen molar-refractivity contribution in [2.45, 2.75) is 32.6 Å². The Morgan fingerprint density at radius 3 is 2.58 bits per heavy atom. The topological polar surface area (TPSA) is 66.4 Å². The first kappa shape index (κ1) is 15.6. The van der Waals surface area contributed by atoms with Gasteiger partial charge in [-0.1, -0.05) is 23.8 Å². The van der Waals surface area contributed by atoms with Crippen LogP contribution in [0.2, 0.25) is 0 Å². The average Bonchev–Trinajstić information content (AvgIpc) is 2.29. The minimum absolute atomic E-state index is 0.320. The Balaban J connectivity index is 2.52. The van der Waals surface area contributed by atoms with Crippen molar-refractivity contribution in [3.63, 3.8) is 0 Å². The van der Waals surface area contributed by atoms with Crippen molar-refractivity contribution in [2.24, 2.45) is 0 Å². The normalized spacial score (nSPS) is 11.9. The van der Waals surface area contributed by atoms with Gasteiger partial charge < -0.3 is 10.4 Å². The summed E-state index contributed by atoms with van der Waals surface area (Å²) in [4.78, 5) is 21.9. The highest BCUT2D eigenvalue weighted by Crippen LogP contribution is 2.18. The van der Waals surface area contributed by atoms with Crippen molar-refractivity contribution >= 4 is 23.6 Å². The first-order chi connectivity index (χ1) is 8.90. The van der Waals surface area contributed by atoms with E-state index in [0.29, 0.717) is 5.75 Å². The van der Waals surface area contributed by atoms with Crippen LogP contribution in [0.15, 0.2) is 18.2 Å². The molecule has 0 heterocycles. The van der Waals surface area contributed by atoms with Gasteiger partial charge >= 0.3 is 5.97 Å². The monoisotopic (exact) mass is 281 g/mol. The Kier molecular flexibility index (Phi) is 5.89. The second kappa shape index (κ2) is 7.19. The predicted octanol–water partition coefficient (Wildman–Crippen LogP) is 2.13. The molecule has 1 aromatic rings. The summed E-state index contributed by atoms with van der Waals surface area (Å²) in [5.74, 6) is -0.208. The Hall–Kier alpha value is -1.49. The summed E-state index contributed by atoms with van der Waals surface area (Å²) in [6, 6.07) is 5.39. The highest BCUT2D eigenvalue weighted by atomic mass is 32.2. The predicted molar refractivity (Wildman–Crippen MR) is 77.3 cm³/mol. The smallest absolute Gasteiger partial charge is 0.327 e. The summed E-state index contributed by atoms with van der Waals surface area (Å²) in [5.41, 5.74) is 3.62. The lowest BCUT2D eigenvalue weighted by atomic mass is 10.1. The number of aryl methyl sites for hydroxylation is 2. The number of aliphatic carboxylic acids is 1. The molecular weight excluding hydrogens is 262 g/mol. The van der Waals surface area contributed by atoms with Crippen molar-refractivity contribution in [2.75, 3.05) is 5.75 Å². The van der Waals surface area contributed by atoms with Crippen LogP contribution >= 0.6 is 11.8 Å². The third-order valence-corrected chi connectivity index (χ3v) is 3.80. The first-order valence-corrected chi connectivity index (χ1v) is 7.19. The molecule has 1 atom stereocenters. The summed E-state index contributed by atoms with van der Waals surface area (Å²) in [5, 5.41) is 11.4. The van der Waals surface area contributed by atoms with Crippen LogP contribution in [-0.2, 0) is 15.3 Å². The van der Waals surface area contributed by atoms with E-state index >= 15 is 0 Å².